The Kier molecular flexibility index (Phi) is 5.63. The summed E-state index contributed by atoms with van der Waals surface area (Å²) in [5.74, 6) is -1.05. The van der Waals surface area contributed by atoms with Crippen LogP contribution < -0.4 is 10.6 Å². The molecule has 2 atom stereocenters. The van der Waals surface area contributed by atoms with E-state index < -0.39 is 18.0 Å². The summed E-state index contributed by atoms with van der Waals surface area (Å²) in [6.07, 6.45) is 0.323. The lowest BCUT2D eigenvalue weighted by Crippen LogP contribution is -2.46. The summed E-state index contributed by atoms with van der Waals surface area (Å²) >= 11 is 6.02. The van der Waals surface area contributed by atoms with Crippen LogP contribution in [-0.4, -0.2) is 23.1 Å². The molecule has 0 heterocycles. The van der Waals surface area contributed by atoms with Crippen LogP contribution in [-0.2, 0) is 4.79 Å². The normalized spacial score (nSPS) is 13.4. The summed E-state index contributed by atoms with van der Waals surface area (Å²) in [5.41, 5.74) is 0.780. The van der Waals surface area contributed by atoms with Crippen molar-refractivity contribution in [2.75, 3.05) is 0 Å². The molecule has 6 heteroatoms. The predicted molar refractivity (Wildman–Crippen MR) is 73.2 cm³/mol. The van der Waals surface area contributed by atoms with Gasteiger partial charge in [-0.05, 0) is 25.0 Å². The molecule has 2 amide bonds. The van der Waals surface area contributed by atoms with Crippen molar-refractivity contribution < 1.29 is 14.7 Å². The zero-order valence-corrected chi connectivity index (χ0v) is 11.6. The van der Waals surface area contributed by atoms with Gasteiger partial charge < -0.3 is 15.7 Å². The van der Waals surface area contributed by atoms with E-state index in [9.17, 15) is 9.59 Å². The lowest BCUT2D eigenvalue weighted by atomic mass is 10.1. The molecule has 0 spiro atoms. The number of hydrogen-bond donors (Lipinski definition) is 3. The van der Waals surface area contributed by atoms with Crippen molar-refractivity contribution in [2.24, 2.45) is 0 Å². The molecular formula is C13H17ClN2O3. The summed E-state index contributed by atoms with van der Waals surface area (Å²) in [7, 11) is 0. The van der Waals surface area contributed by atoms with E-state index >= 15 is 0 Å². The molecule has 19 heavy (non-hydrogen) atoms. The van der Waals surface area contributed by atoms with Crippen molar-refractivity contribution in [3.05, 3.63) is 34.9 Å². The molecule has 0 aliphatic rings. The van der Waals surface area contributed by atoms with Crippen LogP contribution in [0.1, 0.15) is 31.9 Å². The number of benzene rings is 1. The van der Waals surface area contributed by atoms with Crippen LogP contribution in [0.4, 0.5) is 4.79 Å². The Balaban J connectivity index is 2.62. The number of hydrogen-bond acceptors (Lipinski definition) is 2. The van der Waals surface area contributed by atoms with Gasteiger partial charge in [0.2, 0.25) is 0 Å². The first-order chi connectivity index (χ1) is 8.95. The second-order valence-electron chi connectivity index (χ2n) is 4.16. The second kappa shape index (κ2) is 6.99. The first-order valence-corrected chi connectivity index (χ1v) is 6.37. The summed E-state index contributed by atoms with van der Waals surface area (Å²) in [6, 6.07) is 5.44. The summed E-state index contributed by atoms with van der Waals surface area (Å²) in [6.45, 7) is 3.47. The lowest BCUT2D eigenvalue weighted by Gasteiger charge is -2.18. The van der Waals surface area contributed by atoms with E-state index in [1.54, 1.807) is 26.0 Å². The number of halogens is 1. The summed E-state index contributed by atoms with van der Waals surface area (Å²) in [5, 5.41) is 14.5. The van der Waals surface area contributed by atoms with E-state index in [0.29, 0.717) is 11.4 Å². The zero-order chi connectivity index (χ0) is 14.4. The maximum absolute atomic E-state index is 11.7. The van der Waals surface area contributed by atoms with Crippen molar-refractivity contribution in [1.29, 1.82) is 0 Å². The smallest absolute Gasteiger partial charge is 0.326 e. The fourth-order valence-corrected chi connectivity index (χ4v) is 1.94. The van der Waals surface area contributed by atoms with Gasteiger partial charge in [-0.2, -0.15) is 0 Å². The highest BCUT2D eigenvalue weighted by Crippen LogP contribution is 2.21. The van der Waals surface area contributed by atoms with E-state index in [-0.39, 0.29) is 6.04 Å². The Morgan fingerprint density at radius 2 is 1.95 bits per heavy atom. The van der Waals surface area contributed by atoms with E-state index in [0.717, 1.165) is 5.56 Å². The minimum Gasteiger partial charge on any atom is -0.480 e. The van der Waals surface area contributed by atoms with E-state index in [2.05, 4.69) is 10.6 Å². The van der Waals surface area contributed by atoms with E-state index in [1.165, 1.54) is 0 Å². The van der Waals surface area contributed by atoms with Gasteiger partial charge in [-0.25, -0.2) is 9.59 Å². The molecule has 0 fully saturated rings. The molecular weight excluding hydrogens is 268 g/mol. The molecule has 104 valence electrons. The standard InChI is InChI=1S/C13H17ClN2O3/c1-3-11(12(17)18)16-13(19)15-8(2)9-6-4-5-7-10(9)14/h4-8,11H,3H2,1-2H3,(H,17,18)(H2,15,16,19)/t8?,11-/m0/s1. The Labute approximate surface area is 117 Å². The Morgan fingerprint density at radius 1 is 1.32 bits per heavy atom. The zero-order valence-electron chi connectivity index (χ0n) is 10.8. The maximum Gasteiger partial charge on any atom is 0.326 e. The van der Waals surface area contributed by atoms with Crippen LogP contribution in [0.15, 0.2) is 24.3 Å². The van der Waals surface area contributed by atoms with Crippen molar-refractivity contribution in [2.45, 2.75) is 32.4 Å². The highest BCUT2D eigenvalue weighted by molar-refractivity contribution is 6.31. The Hall–Kier alpha value is -1.75. The van der Waals surface area contributed by atoms with Crippen molar-refractivity contribution in [3.8, 4) is 0 Å². The van der Waals surface area contributed by atoms with Gasteiger partial charge in [-0.1, -0.05) is 36.7 Å². The number of urea groups is 1. The predicted octanol–water partition coefficient (Wildman–Crippen LogP) is 2.56. The lowest BCUT2D eigenvalue weighted by molar-refractivity contribution is -0.139. The van der Waals surface area contributed by atoms with Crippen molar-refractivity contribution in [3.63, 3.8) is 0 Å². The molecule has 5 nitrogen and oxygen atoms in total. The SMILES string of the molecule is CC[C@H](NC(=O)NC(C)c1ccccc1Cl)C(=O)O. The average molecular weight is 285 g/mol. The van der Waals surface area contributed by atoms with Crippen LogP contribution in [0.2, 0.25) is 5.02 Å². The van der Waals surface area contributed by atoms with Gasteiger partial charge in [0.15, 0.2) is 0 Å². The maximum atomic E-state index is 11.7. The number of carboxylic acids is 1. The molecule has 1 aromatic rings. The number of rotatable bonds is 5. The third-order valence-corrected chi connectivity index (χ3v) is 3.08. The number of carbonyl (C=O) groups is 2. The molecule has 1 aromatic carbocycles. The van der Waals surface area contributed by atoms with Crippen LogP contribution in [0, 0.1) is 0 Å². The fourth-order valence-electron chi connectivity index (χ4n) is 1.64. The monoisotopic (exact) mass is 284 g/mol. The molecule has 0 aliphatic heterocycles. The minimum absolute atomic E-state index is 0.306. The fraction of sp³-hybridized carbons (Fsp3) is 0.385. The number of carbonyl (C=O) groups excluding carboxylic acids is 1. The van der Waals surface area contributed by atoms with Crippen LogP contribution >= 0.6 is 11.6 Å². The first-order valence-electron chi connectivity index (χ1n) is 6.00. The van der Waals surface area contributed by atoms with Gasteiger partial charge in [0.05, 0.1) is 6.04 Å². The van der Waals surface area contributed by atoms with Gasteiger partial charge >= 0.3 is 12.0 Å². The molecule has 0 aromatic heterocycles. The van der Waals surface area contributed by atoms with E-state index in [1.807, 2.05) is 12.1 Å². The third kappa shape index (κ3) is 4.44. The van der Waals surface area contributed by atoms with Gasteiger partial charge in [-0.15, -0.1) is 0 Å². The number of amides is 2. The molecule has 1 unspecified atom stereocenters. The van der Waals surface area contributed by atoms with Crippen LogP contribution in [0.25, 0.3) is 0 Å². The van der Waals surface area contributed by atoms with Gasteiger partial charge in [0.1, 0.15) is 6.04 Å². The first kappa shape index (κ1) is 15.3. The Morgan fingerprint density at radius 3 is 2.47 bits per heavy atom. The van der Waals surface area contributed by atoms with E-state index in [4.69, 9.17) is 16.7 Å². The molecule has 3 N–H and O–H groups in total. The quantitative estimate of drug-likeness (QED) is 0.777. The number of carboxylic acid groups (broad SMARTS) is 1. The third-order valence-electron chi connectivity index (χ3n) is 2.73. The topological polar surface area (TPSA) is 78.4 Å². The number of aliphatic carboxylic acids is 1. The highest BCUT2D eigenvalue weighted by Gasteiger charge is 2.19. The molecule has 0 saturated carbocycles. The van der Waals surface area contributed by atoms with Crippen molar-refractivity contribution >= 4 is 23.6 Å². The van der Waals surface area contributed by atoms with Crippen LogP contribution in [0.5, 0.6) is 0 Å². The number of nitrogens with one attached hydrogen (secondary N) is 2. The minimum atomic E-state index is -1.05. The van der Waals surface area contributed by atoms with Crippen LogP contribution in [0.3, 0.4) is 0 Å². The largest absolute Gasteiger partial charge is 0.480 e. The molecule has 1 rings (SSSR count). The molecule has 0 saturated heterocycles. The van der Waals surface area contributed by atoms with Gasteiger partial charge in [-0.3, -0.25) is 0 Å². The van der Waals surface area contributed by atoms with Gasteiger partial charge in [0.25, 0.3) is 0 Å². The second-order valence-corrected chi connectivity index (χ2v) is 4.57. The average Bonchev–Trinajstić information content (AvgIpc) is 2.35. The highest BCUT2D eigenvalue weighted by atomic mass is 35.5. The van der Waals surface area contributed by atoms with Gasteiger partial charge in [0, 0.05) is 5.02 Å². The summed E-state index contributed by atoms with van der Waals surface area (Å²) < 4.78 is 0. The Bertz CT molecular complexity index is 465. The van der Waals surface area contributed by atoms with Crippen molar-refractivity contribution in [1.82, 2.24) is 10.6 Å². The molecule has 0 aliphatic carbocycles. The molecule has 0 bridgehead atoms. The molecule has 0 radical (unpaired) electrons. The summed E-state index contributed by atoms with van der Waals surface area (Å²) in [4.78, 5) is 22.5.